The number of rotatable bonds is 3. The first kappa shape index (κ1) is 18.6. The Bertz CT molecular complexity index is 862. The number of hydrogen-bond acceptors (Lipinski definition) is 4. The van der Waals surface area contributed by atoms with Gasteiger partial charge in [-0.25, -0.2) is 4.98 Å². The van der Waals surface area contributed by atoms with Crippen molar-refractivity contribution in [2.75, 3.05) is 26.2 Å². The average Bonchev–Trinajstić information content (AvgIpc) is 3.52. The van der Waals surface area contributed by atoms with Crippen LogP contribution in [0.25, 0.3) is 11.0 Å². The Kier molecular flexibility index (Phi) is 4.97. The van der Waals surface area contributed by atoms with E-state index in [1.807, 2.05) is 15.9 Å². The monoisotopic (exact) mass is 395 g/mol. The molecule has 1 aliphatic carbocycles. The molecule has 5 rings (SSSR count). The number of nitrogens with zero attached hydrogens (tertiary/aromatic N) is 4. The summed E-state index contributed by atoms with van der Waals surface area (Å²) in [6.07, 6.45) is 10.6. The molecule has 1 unspecified atom stereocenters. The normalized spacial score (nSPS) is 23.9. The third kappa shape index (κ3) is 3.63. The number of aromatic nitrogens is 3. The number of H-pyrrole nitrogens is 1. The fraction of sp³-hybridized carbons (Fsp3) is 0.636. The molecule has 1 atom stereocenters. The zero-order valence-corrected chi connectivity index (χ0v) is 16.8. The molecule has 29 heavy (non-hydrogen) atoms. The largest absolute Gasteiger partial charge is 0.342 e. The fourth-order valence-electron chi connectivity index (χ4n) is 5.29. The van der Waals surface area contributed by atoms with E-state index in [0.29, 0.717) is 5.91 Å². The quantitative estimate of drug-likeness (QED) is 0.866. The molecule has 3 aliphatic rings. The van der Waals surface area contributed by atoms with E-state index in [1.165, 1.54) is 12.8 Å². The summed E-state index contributed by atoms with van der Waals surface area (Å²) >= 11 is 0. The Morgan fingerprint density at radius 3 is 2.38 bits per heavy atom. The van der Waals surface area contributed by atoms with Gasteiger partial charge in [0.25, 0.3) is 0 Å². The van der Waals surface area contributed by atoms with Gasteiger partial charge in [-0.15, -0.1) is 0 Å². The number of imidazole rings is 1. The number of nitrogens with one attached hydrogen (secondary N) is 1. The third-order valence-corrected chi connectivity index (χ3v) is 7.05. The van der Waals surface area contributed by atoms with Crippen LogP contribution < -0.4 is 0 Å². The van der Waals surface area contributed by atoms with Crippen LogP contribution in [0.15, 0.2) is 18.5 Å². The number of amides is 2. The Labute approximate surface area is 170 Å². The number of piperidine rings is 1. The lowest BCUT2D eigenvalue weighted by atomic mass is 9.94. The lowest BCUT2D eigenvalue weighted by molar-refractivity contribution is -0.142. The molecule has 1 saturated carbocycles. The molecule has 2 amide bonds. The zero-order valence-electron chi connectivity index (χ0n) is 16.8. The minimum Gasteiger partial charge on any atom is -0.342 e. The molecule has 7 nitrogen and oxygen atoms in total. The van der Waals surface area contributed by atoms with Crippen LogP contribution in [-0.4, -0.2) is 62.7 Å². The van der Waals surface area contributed by atoms with E-state index in [4.69, 9.17) is 4.98 Å². The van der Waals surface area contributed by atoms with Gasteiger partial charge in [0.2, 0.25) is 11.8 Å². The summed E-state index contributed by atoms with van der Waals surface area (Å²) in [6, 6.07) is 1.91. The van der Waals surface area contributed by atoms with Crippen LogP contribution >= 0.6 is 0 Å². The van der Waals surface area contributed by atoms with Crippen molar-refractivity contribution in [2.45, 2.75) is 50.9 Å². The van der Waals surface area contributed by atoms with Crippen LogP contribution in [0.2, 0.25) is 0 Å². The van der Waals surface area contributed by atoms with Gasteiger partial charge < -0.3 is 14.8 Å². The maximum Gasteiger partial charge on any atom is 0.225 e. The van der Waals surface area contributed by atoms with Gasteiger partial charge in [0.05, 0.1) is 17.2 Å². The van der Waals surface area contributed by atoms with Crippen molar-refractivity contribution in [2.24, 2.45) is 11.8 Å². The molecule has 0 aromatic carbocycles. The number of pyridine rings is 1. The number of carbonyl (C=O) groups excluding carboxylic acids is 2. The predicted octanol–water partition coefficient (Wildman–Crippen LogP) is 2.70. The number of likely N-dealkylation sites (tertiary alicyclic amines) is 2. The molecule has 2 aliphatic heterocycles. The highest BCUT2D eigenvalue weighted by atomic mass is 16.2. The van der Waals surface area contributed by atoms with Crippen molar-refractivity contribution in [3.05, 3.63) is 24.3 Å². The number of fused-ring (bicyclic) bond motifs is 1. The molecule has 0 bridgehead atoms. The van der Waals surface area contributed by atoms with Gasteiger partial charge in [0, 0.05) is 50.1 Å². The molecule has 7 heteroatoms. The van der Waals surface area contributed by atoms with Gasteiger partial charge in [0.15, 0.2) is 0 Å². The van der Waals surface area contributed by atoms with E-state index in [-0.39, 0.29) is 23.7 Å². The smallest absolute Gasteiger partial charge is 0.225 e. The van der Waals surface area contributed by atoms with E-state index < -0.39 is 0 Å². The topological polar surface area (TPSA) is 82.2 Å². The summed E-state index contributed by atoms with van der Waals surface area (Å²) in [6.45, 7) is 2.99. The molecule has 2 aromatic heterocycles. The summed E-state index contributed by atoms with van der Waals surface area (Å²) in [4.78, 5) is 41.9. The van der Waals surface area contributed by atoms with Crippen LogP contribution in [0.3, 0.4) is 0 Å². The van der Waals surface area contributed by atoms with Crippen molar-refractivity contribution >= 4 is 22.8 Å². The van der Waals surface area contributed by atoms with Crippen LogP contribution in [0, 0.1) is 11.8 Å². The van der Waals surface area contributed by atoms with Gasteiger partial charge in [-0.2, -0.15) is 0 Å². The molecule has 4 heterocycles. The van der Waals surface area contributed by atoms with Crippen LogP contribution in [0.4, 0.5) is 0 Å². The molecule has 1 N–H and O–H groups in total. The first-order valence-electron chi connectivity index (χ1n) is 11.1. The maximum atomic E-state index is 13.1. The van der Waals surface area contributed by atoms with Crippen molar-refractivity contribution in [1.82, 2.24) is 24.8 Å². The first-order chi connectivity index (χ1) is 14.2. The zero-order chi connectivity index (χ0) is 19.8. The van der Waals surface area contributed by atoms with Crippen molar-refractivity contribution < 1.29 is 9.59 Å². The third-order valence-electron chi connectivity index (χ3n) is 7.05. The van der Waals surface area contributed by atoms with E-state index >= 15 is 0 Å². The second-order valence-electron chi connectivity index (χ2n) is 8.87. The average molecular weight is 396 g/mol. The van der Waals surface area contributed by atoms with Gasteiger partial charge in [-0.05, 0) is 38.2 Å². The number of hydrogen-bond donors (Lipinski definition) is 1. The van der Waals surface area contributed by atoms with E-state index in [9.17, 15) is 9.59 Å². The molecule has 0 radical (unpaired) electrons. The summed E-state index contributed by atoms with van der Waals surface area (Å²) < 4.78 is 0. The lowest BCUT2D eigenvalue weighted by Crippen LogP contribution is -2.45. The molecule has 154 valence electrons. The second kappa shape index (κ2) is 7.76. The Morgan fingerprint density at radius 1 is 0.931 bits per heavy atom. The Hall–Kier alpha value is -2.44. The number of aromatic amines is 1. The highest BCUT2D eigenvalue weighted by molar-refractivity contribution is 5.81. The summed E-state index contributed by atoms with van der Waals surface area (Å²) in [5.41, 5.74) is 1.88. The molecule has 0 spiro atoms. The number of carbonyl (C=O) groups is 2. The first-order valence-corrected chi connectivity index (χ1v) is 11.1. The van der Waals surface area contributed by atoms with Gasteiger partial charge in [-0.3, -0.25) is 14.6 Å². The lowest BCUT2D eigenvalue weighted by Gasteiger charge is -2.34. The standard InChI is InChI=1S/C22H29N5O2/c28-21(15-3-1-2-4-15)26-10-6-16(7-11-26)22(29)27-12-8-17(14-27)20-24-18-5-9-23-13-19(18)25-20/h5,9,13,15-17H,1-4,6-8,10-12,14H2,(H,24,25). The predicted molar refractivity (Wildman–Crippen MR) is 109 cm³/mol. The van der Waals surface area contributed by atoms with Crippen LogP contribution in [0.5, 0.6) is 0 Å². The molecule has 2 aromatic rings. The van der Waals surface area contributed by atoms with Crippen molar-refractivity contribution in [3.63, 3.8) is 0 Å². The van der Waals surface area contributed by atoms with Gasteiger partial charge >= 0.3 is 0 Å². The van der Waals surface area contributed by atoms with Crippen LogP contribution in [0.1, 0.15) is 56.7 Å². The minimum absolute atomic E-state index is 0.0567. The van der Waals surface area contributed by atoms with E-state index in [2.05, 4.69) is 9.97 Å². The second-order valence-corrected chi connectivity index (χ2v) is 8.87. The molecule has 3 fully saturated rings. The molecular formula is C22H29N5O2. The van der Waals surface area contributed by atoms with Gasteiger partial charge in [-0.1, -0.05) is 12.8 Å². The highest BCUT2D eigenvalue weighted by Gasteiger charge is 2.36. The fourth-order valence-corrected chi connectivity index (χ4v) is 5.29. The summed E-state index contributed by atoms with van der Waals surface area (Å²) in [5.74, 6) is 2.10. The van der Waals surface area contributed by atoms with E-state index in [1.54, 1.807) is 12.4 Å². The summed E-state index contributed by atoms with van der Waals surface area (Å²) in [7, 11) is 0. The molecule has 2 saturated heterocycles. The Morgan fingerprint density at radius 2 is 1.62 bits per heavy atom. The Balaban J connectivity index is 1.16. The van der Waals surface area contributed by atoms with Crippen LogP contribution in [-0.2, 0) is 9.59 Å². The maximum absolute atomic E-state index is 13.1. The van der Waals surface area contributed by atoms with Crippen molar-refractivity contribution in [3.8, 4) is 0 Å². The highest BCUT2D eigenvalue weighted by Crippen LogP contribution is 2.31. The minimum atomic E-state index is 0.0567. The SMILES string of the molecule is O=C(C1CCCC1)N1CCC(C(=O)N2CCC(c3nc4ccncc4[nH]3)C2)CC1. The summed E-state index contributed by atoms with van der Waals surface area (Å²) in [5, 5.41) is 0. The van der Waals surface area contributed by atoms with E-state index in [0.717, 1.165) is 75.1 Å². The molecular weight excluding hydrogens is 366 g/mol. The van der Waals surface area contributed by atoms with Gasteiger partial charge in [0.1, 0.15) is 5.82 Å². The van der Waals surface area contributed by atoms with Crippen molar-refractivity contribution in [1.29, 1.82) is 0 Å².